The van der Waals surface area contributed by atoms with Crippen LogP contribution in [0.1, 0.15) is 50.8 Å². The minimum absolute atomic E-state index is 0.347. The zero-order valence-electron chi connectivity index (χ0n) is 12.8. The van der Waals surface area contributed by atoms with Gasteiger partial charge in [0.05, 0.1) is 7.11 Å². The number of hydrogen-bond donors (Lipinski definition) is 2. The number of hydrogen-bond acceptors (Lipinski definition) is 3. The van der Waals surface area contributed by atoms with Gasteiger partial charge < -0.3 is 10.5 Å². The molecular weight excluding hydrogens is 250 g/mol. The lowest BCUT2D eigenvalue weighted by molar-refractivity contribution is 0.407. The van der Waals surface area contributed by atoms with Crippen LogP contribution in [0.2, 0.25) is 0 Å². The van der Waals surface area contributed by atoms with Crippen molar-refractivity contribution >= 4 is 5.82 Å². The number of benzene rings is 1. The van der Waals surface area contributed by atoms with Gasteiger partial charge in [-0.05, 0) is 35.1 Å². The maximum Gasteiger partial charge on any atom is 0.153 e. The summed E-state index contributed by atoms with van der Waals surface area (Å²) in [5, 5.41) is 7.20. The van der Waals surface area contributed by atoms with E-state index in [4.69, 9.17) is 10.5 Å². The third kappa shape index (κ3) is 2.50. The van der Waals surface area contributed by atoms with E-state index in [-0.39, 0.29) is 0 Å². The summed E-state index contributed by atoms with van der Waals surface area (Å²) in [6.45, 7) is 8.57. The molecule has 0 amide bonds. The molecule has 0 aliphatic rings. The minimum atomic E-state index is 0.347. The Balaban J connectivity index is 2.59. The summed E-state index contributed by atoms with van der Waals surface area (Å²) in [7, 11) is 1.70. The summed E-state index contributed by atoms with van der Waals surface area (Å²) >= 11 is 0. The van der Waals surface area contributed by atoms with Crippen molar-refractivity contribution in [3.8, 4) is 16.9 Å². The van der Waals surface area contributed by atoms with Gasteiger partial charge >= 0.3 is 0 Å². The molecule has 2 aromatic rings. The third-order valence-electron chi connectivity index (χ3n) is 3.54. The van der Waals surface area contributed by atoms with Gasteiger partial charge in [-0.15, -0.1) is 0 Å². The molecule has 3 N–H and O–H groups in total. The van der Waals surface area contributed by atoms with E-state index in [9.17, 15) is 0 Å². The molecule has 0 radical (unpaired) electrons. The number of ether oxygens (including phenoxy) is 1. The number of aromatic amines is 1. The lowest BCUT2D eigenvalue weighted by Gasteiger charge is -2.14. The van der Waals surface area contributed by atoms with Crippen LogP contribution in [0.25, 0.3) is 11.1 Å². The van der Waals surface area contributed by atoms with Gasteiger partial charge in [-0.3, -0.25) is 5.10 Å². The van der Waals surface area contributed by atoms with Crippen LogP contribution in [0, 0.1) is 0 Å². The smallest absolute Gasteiger partial charge is 0.153 e. The second-order valence-electron chi connectivity index (χ2n) is 5.66. The number of H-pyrrole nitrogens is 1. The molecule has 1 heterocycles. The summed E-state index contributed by atoms with van der Waals surface area (Å²) in [4.78, 5) is 0. The van der Waals surface area contributed by atoms with Gasteiger partial charge in [-0.1, -0.05) is 33.8 Å². The van der Waals surface area contributed by atoms with Crippen LogP contribution in [0.15, 0.2) is 18.2 Å². The van der Waals surface area contributed by atoms with Gasteiger partial charge in [0, 0.05) is 11.3 Å². The average Bonchev–Trinajstić information content (AvgIpc) is 2.80. The summed E-state index contributed by atoms with van der Waals surface area (Å²) < 4.78 is 5.43. The number of rotatable bonds is 4. The summed E-state index contributed by atoms with van der Waals surface area (Å²) in [5.74, 6) is 2.20. The first kappa shape index (κ1) is 14.4. The summed E-state index contributed by atoms with van der Waals surface area (Å²) in [6, 6.07) is 6.19. The zero-order valence-corrected chi connectivity index (χ0v) is 12.8. The molecule has 0 fully saturated rings. The highest BCUT2D eigenvalue weighted by atomic mass is 16.5. The Morgan fingerprint density at radius 3 is 2.40 bits per heavy atom. The van der Waals surface area contributed by atoms with Crippen molar-refractivity contribution in [3.63, 3.8) is 0 Å². The number of methoxy groups -OCH3 is 1. The molecule has 0 saturated heterocycles. The molecule has 20 heavy (non-hydrogen) atoms. The molecule has 0 unspecified atom stereocenters. The van der Waals surface area contributed by atoms with Gasteiger partial charge in [0.1, 0.15) is 5.75 Å². The van der Waals surface area contributed by atoms with Gasteiger partial charge in [0.15, 0.2) is 5.82 Å². The van der Waals surface area contributed by atoms with E-state index in [0.29, 0.717) is 17.7 Å². The highest BCUT2D eigenvalue weighted by molar-refractivity contribution is 5.77. The quantitative estimate of drug-likeness (QED) is 0.887. The molecule has 1 aromatic carbocycles. The first-order chi connectivity index (χ1) is 9.45. The zero-order chi connectivity index (χ0) is 14.9. The maximum absolute atomic E-state index is 6.03. The number of nitrogens with two attached hydrogens (primary N) is 1. The molecule has 0 aliphatic heterocycles. The first-order valence-corrected chi connectivity index (χ1v) is 6.97. The largest absolute Gasteiger partial charge is 0.496 e. The summed E-state index contributed by atoms with van der Waals surface area (Å²) in [6.07, 6.45) is 0. The fourth-order valence-electron chi connectivity index (χ4n) is 2.43. The van der Waals surface area contributed by atoms with Crippen molar-refractivity contribution in [2.24, 2.45) is 0 Å². The highest BCUT2D eigenvalue weighted by Crippen LogP contribution is 2.36. The average molecular weight is 273 g/mol. The van der Waals surface area contributed by atoms with Crippen molar-refractivity contribution in [2.45, 2.75) is 39.5 Å². The van der Waals surface area contributed by atoms with E-state index in [1.54, 1.807) is 7.11 Å². The Morgan fingerprint density at radius 2 is 1.85 bits per heavy atom. The maximum atomic E-state index is 6.03. The number of nitrogen functional groups attached to an aromatic ring is 1. The molecule has 2 rings (SSSR count). The Labute approximate surface area is 120 Å². The van der Waals surface area contributed by atoms with Crippen molar-refractivity contribution in [1.29, 1.82) is 0 Å². The van der Waals surface area contributed by atoms with Gasteiger partial charge in [-0.2, -0.15) is 5.10 Å². The standard InChI is InChI=1S/C16H23N3O/c1-9(2)12-8-11(6-7-13(12)20-5)14-15(10(3)4)18-19-16(14)17/h6-10H,1-5H3,(H3,17,18,19). The molecule has 0 aliphatic carbocycles. The predicted octanol–water partition coefficient (Wildman–Crippen LogP) is 3.91. The van der Waals surface area contributed by atoms with E-state index in [1.807, 2.05) is 12.1 Å². The second-order valence-corrected chi connectivity index (χ2v) is 5.66. The summed E-state index contributed by atoms with van der Waals surface area (Å²) in [5.41, 5.74) is 10.4. The molecule has 108 valence electrons. The van der Waals surface area contributed by atoms with Crippen LogP contribution in [0.3, 0.4) is 0 Å². The Morgan fingerprint density at radius 1 is 1.15 bits per heavy atom. The highest BCUT2D eigenvalue weighted by Gasteiger charge is 2.17. The number of anilines is 1. The van der Waals surface area contributed by atoms with Crippen molar-refractivity contribution < 1.29 is 4.74 Å². The molecule has 4 nitrogen and oxygen atoms in total. The van der Waals surface area contributed by atoms with Gasteiger partial charge in [0.25, 0.3) is 0 Å². The Kier molecular flexibility index (Phi) is 4.02. The van der Waals surface area contributed by atoms with E-state index in [2.05, 4.69) is 44.0 Å². The van der Waals surface area contributed by atoms with Crippen molar-refractivity contribution in [1.82, 2.24) is 10.2 Å². The number of nitrogens with zero attached hydrogens (tertiary/aromatic N) is 1. The normalized spacial score (nSPS) is 11.3. The van der Waals surface area contributed by atoms with E-state index < -0.39 is 0 Å². The SMILES string of the molecule is COc1ccc(-c2c(N)n[nH]c2C(C)C)cc1C(C)C. The topological polar surface area (TPSA) is 63.9 Å². The first-order valence-electron chi connectivity index (χ1n) is 6.97. The van der Waals surface area contributed by atoms with E-state index in [0.717, 1.165) is 22.6 Å². The monoisotopic (exact) mass is 273 g/mol. The lowest BCUT2D eigenvalue weighted by Crippen LogP contribution is -1.97. The van der Waals surface area contributed by atoms with Crippen molar-refractivity contribution in [3.05, 3.63) is 29.5 Å². The van der Waals surface area contributed by atoms with Crippen LogP contribution >= 0.6 is 0 Å². The minimum Gasteiger partial charge on any atom is -0.496 e. The van der Waals surface area contributed by atoms with Crippen molar-refractivity contribution in [2.75, 3.05) is 12.8 Å². The van der Waals surface area contributed by atoms with Crippen LogP contribution in [-0.2, 0) is 0 Å². The third-order valence-corrected chi connectivity index (χ3v) is 3.54. The fourth-order valence-corrected chi connectivity index (χ4v) is 2.43. The van der Waals surface area contributed by atoms with Gasteiger partial charge in [0.2, 0.25) is 0 Å². The van der Waals surface area contributed by atoms with E-state index in [1.165, 1.54) is 5.56 Å². The van der Waals surface area contributed by atoms with E-state index >= 15 is 0 Å². The molecule has 1 aromatic heterocycles. The molecule has 0 spiro atoms. The molecular formula is C16H23N3O. The predicted molar refractivity (Wildman–Crippen MR) is 83.2 cm³/mol. The Bertz CT molecular complexity index is 600. The Hall–Kier alpha value is -1.97. The number of aromatic nitrogens is 2. The second kappa shape index (κ2) is 5.57. The van der Waals surface area contributed by atoms with Gasteiger partial charge in [-0.25, -0.2) is 0 Å². The molecule has 0 saturated carbocycles. The van der Waals surface area contributed by atoms with Crippen LogP contribution < -0.4 is 10.5 Å². The number of nitrogens with one attached hydrogen (secondary N) is 1. The molecule has 0 bridgehead atoms. The molecule has 4 heteroatoms. The molecule has 0 atom stereocenters. The lowest BCUT2D eigenvalue weighted by atomic mass is 9.94. The van der Waals surface area contributed by atoms with Crippen LogP contribution in [0.5, 0.6) is 5.75 Å². The van der Waals surface area contributed by atoms with Crippen LogP contribution in [-0.4, -0.2) is 17.3 Å². The van der Waals surface area contributed by atoms with Crippen LogP contribution in [0.4, 0.5) is 5.82 Å². The fraction of sp³-hybridized carbons (Fsp3) is 0.438.